The van der Waals surface area contributed by atoms with Gasteiger partial charge < -0.3 is 4.90 Å². The molecule has 0 saturated carbocycles. The van der Waals surface area contributed by atoms with E-state index >= 15 is 0 Å². The molecule has 0 bridgehead atoms. The molecule has 0 fully saturated rings. The molecule has 0 atom stereocenters. The lowest BCUT2D eigenvalue weighted by Crippen LogP contribution is -2.28. The molecule has 0 unspecified atom stereocenters. The number of fused-ring (bicyclic) bond motifs is 8. The molecule has 270 valence electrons. The van der Waals surface area contributed by atoms with Crippen LogP contribution in [-0.4, -0.2) is 0 Å². The summed E-state index contributed by atoms with van der Waals surface area (Å²) in [7, 11) is 0. The summed E-state index contributed by atoms with van der Waals surface area (Å²) in [6, 6.07) is 78.6. The summed E-state index contributed by atoms with van der Waals surface area (Å²) in [5.74, 6) is 0. The Morgan fingerprint density at radius 3 is 1.58 bits per heavy atom. The van der Waals surface area contributed by atoms with E-state index in [1.54, 1.807) is 0 Å². The second-order valence-electron chi connectivity index (χ2n) is 16.0. The van der Waals surface area contributed by atoms with Crippen molar-refractivity contribution in [2.45, 2.75) is 24.7 Å². The predicted molar refractivity (Wildman–Crippen MR) is 239 cm³/mol. The summed E-state index contributed by atoms with van der Waals surface area (Å²) in [6.45, 7) is 4.79. The molecular formula is C56H41N. The van der Waals surface area contributed by atoms with Crippen molar-refractivity contribution >= 4 is 27.8 Å². The Hall–Kier alpha value is -6.96. The molecular weight excluding hydrogens is 687 g/mol. The van der Waals surface area contributed by atoms with E-state index in [0.717, 1.165) is 17.1 Å². The van der Waals surface area contributed by atoms with E-state index in [1.165, 1.54) is 77.5 Å². The average Bonchev–Trinajstić information content (AvgIpc) is 3.70. The fourth-order valence-electron chi connectivity index (χ4n) is 10.3. The fourth-order valence-corrected chi connectivity index (χ4v) is 10.3. The number of hydrogen-bond acceptors (Lipinski definition) is 1. The van der Waals surface area contributed by atoms with Gasteiger partial charge in [0.05, 0.1) is 5.41 Å². The highest BCUT2D eigenvalue weighted by Gasteiger charge is 2.46. The van der Waals surface area contributed by atoms with Gasteiger partial charge in [-0.25, -0.2) is 0 Å². The molecule has 0 aromatic heterocycles. The molecule has 0 aliphatic heterocycles. The molecule has 1 heteroatoms. The van der Waals surface area contributed by atoms with E-state index in [4.69, 9.17) is 0 Å². The molecule has 2 aliphatic carbocycles. The van der Waals surface area contributed by atoms with Crippen LogP contribution in [-0.2, 0) is 10.8 Å². The molecule has 1 nitrogen and oxygen atoms in total. The summed E-state index contributed by atoms with van der Waals surface area (Å²) < 4.78 is 0. The lowest BCUT2D eigenvalue weighted by Gasteiger charge is -2.35. The van der Waals surface area contributed by atoms with E-state index in [1.807, 2.05) is 0 Å². The van der Waals surface area contributed by atoms with Crippen molar-refractivity contribution in [3.8, 4) is 33.4 Å². The number of para-hydroxylation sites is 1. The van der Waals surface area contributed by atoms with Crippen molar-refractivity contribution in [1.29, 1.82) is 0 Å². The highest BCUT2D eigenvalue weighted by molar-refractivity contribution is 6.06. The molecule has 0 radical (unpaired) electrons. The third-order valence-corrected chi connectivity index (χ3v) is 12.7. The van der Waals surface area contributed by atoms with Crippen molar-refractivity contribution in [3.05, 3.63) is 246 Å². The Morgan fingerprint density at radius 2 is 0.877 bits per heavy atom. The summed E-state index contributed by atoms with van der Waals surface area (Å²) in [6.07, 6.45) is 0. The van der Waals surface area contributed by atoms with Gasteiger partial charge in [0.2, 0.25) is 0 Å². The maximum Gasteiger partial charge on any atom is 0.0714 e. The van der Waals surface area contributed by atoms with Crippen LogP contribution < -0.4 is 4.90 Å². The van der Waals surface area contributed by atoms with E-state index < -0.39 is 5.41 Å². The Labute approximate surface area is 335 Å². The first-order valence-corrected chi connectivity index (χ1v) is 20.0. The van der Waals surface area contributed by atoms with E-state index in [2.05, 4.69) is 231 Å². The van der Waals surface area contributed by atoms with E-state index in [9.17, 15) is 0 Å². The van der Waals surface area contributed by atoms with Crippen LogP contribution in [0.4, 0.5) is 17.1 Å². The minimum absolute atomic E-state index is 0.167. The minimum atomic E-state index is -0.484. The summed E-state index contributed by atoms with van der Waals surface area (Å²) >= 11 is 0. The van der Waals surface area contributed by atoms with Gasteiger partial charge in [-0.1, -0.05) is 184 Å². The van der Waals surface area contributed by atoms with Crippen molar-refractivity contribution in [3.63, 3.8) is 0 Å². The SMILES string of the molecule is CC1(C)c2ccc(N(c3ccccc3)c3ccc4c(c3)C(c3ccccc3)(c3ccccc3)c3ccccc3-4)cc2-c2cc(-c3ccccc3)c3ccccc3c21. The molecule has 9 aromatic carbocycles. The smallest absolute Gasteiger partial charge is 0.0714 e. The normalized spacial score (nSPS) is 14.1. The molecule has 0 N–H and O–H groups in total. The van der Waals surface area contributed by atoms with Crippen molar-refractivity contribution in [1.82, 2.24) is 0 Å². The van der Waals surface area contributed by atoms with Gasteiger partial charge in [-0.3, -0.25) is 0 Å². The van der Waals surface area contributed by atoms with Crippen LogP contribution in [0.15, 0.2) is 212 Å². The first kappa shape index (κ1) is 33.4. The van der Waals surface area contributed by atoms with Crippen LogP contribution in [0, 0.1) is 0 Å². The standard InChI is InChI=1S/C56H41N/c1-55(2)51-34-32-42(35-49(51)50-37-48(38-19-7-3-8-20-38)44-27-15-16-29-47(44)54(50)55)57(41-25-13-6-14-26-41)43-31-33-46-45-28-17-18-30-52(45)56(53(46)36-43,39-21-9-4-10-22-39)40-23-11-5-12-24-40/h3-37H,1-2H3. The van der Waals surface area contributed by atoms with Crippen LogP contribution in [0.5, 0.6) is 0 Å². The number of hydrogen-bond donors (Lipinski definition) is 0. The van der Waals surface area contributed by atoms with Gasteiger partial charge in [0.1, 0.15) is 0 Å². The van der Waals surface area contributed by atoms with Crippen molar-refractivity contribution < 1.29 is 0 Å². The maximum atomic E-state index is 2.47. The third kappa shape index (κ3) is 4.89. The molecule has 9 aromatic rings. The average molecular weight is 728 g/mol. The highest BCUT2D eigenvalue weighted by atomic mass is 15.1. The Bertz CT molecular complexity index is 2920. The zero-order valence-electron chi connectivity index (χ0n) is 32.2. The number of nitrogens with zero attached hydrogens (tertiary/aromatic N) is 1. The van der Waals surface area contributed by atoms with Crippen LogP contribution in [0.2, 0.25) is 0 Å². The maximum absolute atomic E-state index is 2.47. The predicted octanol–water partition coefficient (Wildman–Crippen LogP) is 14.6. The van der Waals surface area contributed by atoms with E-state index in [0.29, 0.717) is 0 Å². The lowest BCUT2D eigenvalue weighted by atomic mass is 9.67. The van der Waals surface area contributed by atoms with Gasteiger partial charge in [0.25, 0.3) is 0 Å². The van der Waals surface area contributed by atoms with Gasteiger partial charge in [-0.15, -0.1) is 0 Å². The van der Waals surface area contributed by atoms with E-state index in [-0.39, 0.29) is 5.41 Å². The first-order chi connectivity index (χ1) is 28.0. The largest absolute Gasteiger partial charge is 0.310 e. The van der Waals surface area contributed by atoms with Gasteiger partial charge >= 0.3 is 0 Å². The van der Waals surface area contributed by atoms with Crippen LogP contribution in [0.25, 0.3) is 44.2 Å². The second-order valence-corrected chi connectivity index (χ2v) is 16.0. The molecule has 0 saturated heterocycles. The van der Waals surface area contributed by atoms with Gasteiger partial charge in [0.15, 0.2) is 0 Å². The van der Waals surface area contributed by atoms with Crippen LogP contribution in [0.1, 0.15) is 47.2 Å². The summed E-state index contributed by atoms with van der Waals surface area (Å²) in [4.78, 5) is 2.45. The van der Waals surface area contributed by atoms with Crippen LogP contribution in [0.3, 0.4) is 0 Å². The molecule has 57 heavy (non-hydrogen) atoms. The van der Waals surface area contributed by atoms with Gasteiger partial charge in [-0.2, -0.15) is 0 Å². The monoisotopic (exact) mass is 727 g/mol. The Kier molecular flexibility index (Phi) is 7.50. The zero-order chi connectivity index (χ0) is 38.1. The van der Waals surface area contributed by atoms with Crippen molar-refractivity contribution in [2.75, 3.05) is 4.90 Å². The van der Waals surface area contributed by atoms with Crippen LogP contribution >= 0.6 is 0 Å². The van der Waals surface area contributed by atoms with Gasteiger partial charge in [-0.05, 0) is 120 Å². The number of anilines is 3. The number of benzene rings is 9. The molecule has 0 spiro atoms. The quantitative estimate of drug-likeness (QED) is 0.165. The minimum Gasteiger partial charge on any atom is -0.310 e. The Morgan fingerprint density at radius 1 is 0.333 bits per heavy atom. The fraction of sp³-hybridized carbons (Fsp3) is 0.0714. The van der Waals surface area contributed by atoms with Crippen molar-refractivity contribution in [2.24, 2.45) is 0 Å². The first-order valence-electron chi connectivity index (χ1n) is 20.0. The summed E-state index contributed by atoms with van der Waals surface area (Å²) in [5, 5.41) is 2.63. The zero-order valence-corrected chi connectivity index (χ0v) is 32.2. The summed E-state index contributed by atoms with van der Waals surface area (Å²) in [5.41, 5.74) is 18.4. The number of rotatable bonds is 6. The molecule has 0 amide bonds. The molecule has 11 rings (SSSR count). The lowest BCUT2D eigenvalue weighted by molar-refractivity contribution is 0.666. The topological polar surface area (TPSA) is 3.24 Å². The van der Waals surface area contributed by atoms with Gasteiger partial charge in [0, 0.05) is 22.5 Å². The Balaban J connectivity index is 1.15. The highest BCUT2D eigenvalue weighted by Crippen LogP contribution is 2.58. The molecule has 0 heterocycles. The second kappa shape index (κ2) is 12.8. The third-order valence-electron chi connectivity index (χ3n) is 12.7. The molecule has 2 aliphatic rings.